The summed E-state index contributed by atoms with van der Waals surface area (Å²) < 4.78 is 1.22. The first kappa shape index (κ1) is 10.8. The van der Waals surface area contributed by atoms with E-state index in [1.165, 1.54) is 35.7 Å². The molecule has 1 nitrogen and oxygen atoms in total. The Hall–Kier alpha value is -0.340. The van der Waals surface area contributed by atoms with E-state index in [1.54, 1.807) is 5.56 Å². The highest BCUT2D eigenvalue weighted by Gasteiger charge is 2.34. The van der Waals surface area contributed by atoms with Crippen molar-refractivity contribution < 1.29 is 0 Å². The number of rotatable bonds is 2. The van der Waals surface area contributed by atoms with Gasteiger partial charge in [-0.2, -0.15) is 0 Å². The number of hydrogen-bond acceptors (Lipinski definition) is 1. The van der Waals surface area contributed by atoms with E-state index in [9.17, 15) is 0 Å². The molecule has 0 radical (unpaired) electrons. The first-order chi connectivity index (χ1) is 7.72. The van der Waals surface area contributed by atoms with Gasteiger partial charge in [-0.1, -0.05) is 28.9 Å². The summed E-state index contributed by atoms with van der Waals surface area (Å²) in [6.07, 6.45) is 5.12. The van der Waals surface area contributed by atoms with E-state index in [0.717, 1.165) is 12.0 Å². The summed E-state index contributed by atoms with van der Waals surface area (Å²) in [6.45, 7) is 2.34. The lowest BCUT2D eigenvalue weighted by Gasteiger charge is -2.26. The molecule has 0 aromatic heterocycles. The Morgan fingerprint density at radius 3 is 2.88 bits per heavy atom. The highest BCUT2D eigenvalue weighted by molar-refractivity contribution is 9.10. The van der Waals surface area contributed by atoms with Crippen LogP contribution in [-0.2, 0) is 12.8 Å². The predicted molar refractivity (Wildman–Crippen MR) is 70.7 cm³/mol. The number of aryl methyl sites for hydroxylation is 1. The van der Waals surface area contributed by atoms with Crippen LogP contribution in [0.4, 0.5) is 0 Å². The van der Waals surface area contributed by atoms with Crippen LogP contribution in [0.2, 0.25) is 0 Å². The van der Waals surface area contributed by atoms with Crippen LogP contribution in [0.3, 0.4) is 0 Å². The van der Waals surface area contributed by atoms with Crippen LogP contribution in [0.1, 0.15) is 30.9 Å². The molecule has 0 bridgehead atoms. The zero-order valence-electron chi connectivity index (χ0n) is 9.67. The van der Waals surface area contributed by atoms with Crippen LogP contribution in [0.15, 0.2) is 22.7 Å². The standard InChI is InChI=1S/C14H18BrN/c1-9-6-14(9)16-13-5-3-10-7-12(15)4-2-11(10)8-13/h2,4,7,9,13-14,16H,3,5-6,8H2,1H3. The smallest absolute Gasteiger partial charge is 0.0178 e. The van der Waals surface area contributed by atoms with Crippen molar-refractivity contribution in [1.82, 2.24) is 5.32 Å². The highest BCUT2D eigenvalue weighted by Crippen LogP contribution is 2.32. The van der Waals surface area contributed by atoms with E-state index in [2.05, 4.69) is 46.4 Å². The van der Waals surface area contributed by atoms with Crippen LogP contribution in [0.25, 0.3) is 0 Å². The van der Waals surface area contributed by atoms with Gasteiger partial charge >= 0.3 is 0 Å². The largest absolute Gasteiger partial charge is 0.311 e. The molecule has 86 valence electrons. The van der Waals surface area contributed by atoms with Crippen molar-refractivity contribution in [3.05, 3.63) is 33.8 Å². The van der Waals surface area contributed by atoms with E-state index < -0.39 is 0 Å². The maximum Gasteiger partial charge on any atom is 0.0178 e. The first-order valence-electron chi connectivity index (χ1n) is 6.26. The molecule has 2 aliphatic carbocycles. The predicted octanol–water partition coefficient (Wildman–Crippen LogP) is 3.30. The number of nitrogens with one attached hydrogen (secondary N) is 1. The third kappa shape index (κ3) is 2.18. The van der Waals surface area contributed by atoms with Gasteiger partial charge in [-0.25, -0.2) is 0 Å². The molecule has 0 heterocycles. The molecule has 0 amide bonds. The fourth-order valence-corrected chi connectivity index (χ4v) is 3.13. The lowest BCUT2D eigenvalue weighted by atomic mass is 9.88. The van der Waals surface area contributed by atoms with Crippen LogP contribution in [-0.4, -0.2) is 12.1 Å². The van der Waals surface area contributed by atoms with Gasteiger partial charge in [0.25, 0.3) is 0 Å². The Labute approximate surface area is 106 Å². The summed E-state index contributed by atoms with van der Waals surface area (Å²) in [7, 11) is 0. The van der Waals surface area contributed by atoms with Gasteiger partial charge in [0.1, 0.15) is 0 Å². The molecule has 1 N–H and O–H groups in total. The molecule has 3 rings (SSSR count). The Morgan fingerprint density at radius 1 is 1.31 bits per heavy atom. The molecule has 3 atom stereocenters. The normalized spacial score (nSPS) is 32.2. The van der Waals surface area contributed by atoms with Gasteiger partial charge in [0, 0.05) is 16.6 Å². The van der Waals surface area contributed by atoms with E-state index in [0.29, 0.717) is 6.04 Å². The number of fused-ring (bicyclic) bond motifs is 1. The molecule has 3 unspecified atom stereocenters. The highest BCUT2D eigenvalue weighted by atomic mass is 79.9. The Morgan fingerprint density at radius 2 is 2.12 bits per heavy atom. The Bertz CT molecular complexity index is 402. The van der Waals surface area contributed by atoms with Gasteiger partial charge in [0.2, 0.25) is 0 Å². The van der Waals surface area contributed by atoms with Crippen molar-refractivity contribution in [1.29, 1.82) is 0 Å². The van der Waals surface area contributed by atoms with Crippen molar-refractivity contribution in [2.45, 2.75) is 44.7 Å². The number of halogens is 1. The Kier molecular flexibility index (Phi) is 2.80. The summed E-state index contributed by atoms with van der Waals surface area (Å²) in [5, 5.41) is 3.79. The van der Waals surface area contributed by atoms with Crippen molar-refractivity contribution >= 4 is 15.9 Å². The average molecular weight is 280 g/mol. The van der Waals surface area contributed by atoms with E-state index in [-0.39, 0.29) is 0 Å². The van der Waals surface area contributed by atoms with Gasteiger partial charge in [-0.05, 0) is 54.9 Å². The molecule has 0 aliphatic heterocycles. The van der Waals surface area contributed by atoms with Gasteiger partial charge in [0.05, 0.1) is 0 Å². The van der Waals surface area contributed by atoms with Crippen molar-refractivity contribution in [2.75, 3.05) is 0 Å². The summed E-state index contributed by atoms with van der Waals surface area (Å²) in [5.74, 6) is 0.909. The zero-order chi connectivity index (χ0) is 11.1. The van der Waals surface area contributed by atoms with E-state index >= 15 is 0 Å². The fourth-order valence-electron chi connectivity index (χ4n) is 2.72. The first-order valence-corrected chi connectivity index (χ1v) is 7.05. The number of benzene rings is 1. The maximum atomic E-state index is 3.79. The molecule has 2 heteroatoms. The summed E-state index contributed by atoms with van der Waals surface area (Å²) in [6, 6.07) is 8.25. The van der Waals surface area contributed by atoms with Crippen molar-refractivity contribution in [3.8, 4) is 0 Å². The van der Waals surface area contributed by atoms with E-state index in [1.807, 2.05) is 0 Å². The quantitative estimate of drug-likeness (QED) is 0.876. The molecular weight excluding hydrogens is 262 g/mol. The minimum atomic E-state index is 0.712. The van der Waals surface area contributed by atoms with Crippen LogP contribution in [0, 0.1) is 5.92 Å². The summed E-state index contributed by atoms with van der Waals surface area (Å²) in [5.41, 5.74) is 3.08. The second-order valence-corrected chi connectivity index (χ2v) is 6.25. The minimum Gasteiger partial charge on any atom is -0.311 e. The van der Waals surface area contributed by atoms with Gasteiger partial charge in [0.15, 0.2) is 0 Å². The second-order valence-electron chi connectivity index (χ2n) is 5.34. The summed E-state index contributed by atoms with van der Waals surface area (Å²) in [4.78, 5) is 0. The zero-order valence-corrected chi connectivity index (χ0v) is 11.3. The Balaban J connectivity index is 1.69. The molecule has 1 fully saturated rings. The van der Waals surface area contributed by atoms with Crippen molar-refractivity contribution in [3.63, 3.8) is 0 Å². The molecular formula is C14H18BrN. The lowest BCUT2D eigenvalue weighted by molar-refractivity contribution is 0.447. The molecule has 16 heavy (non-hydrogen) atoms. The topological polar surface area (TPSA) is 12.0 Å². The van der Waals surface area contributed by atoms with E-state index in [4.69, 9.17) is 0 Å². The fraction of sp³-hybridized carbons (Fsp3) is 0.571. The molecule has 1 saturated carbocycles. The SMILES string of the molecule is CC1CC1NC1CCc2cc(Br)ccc2C1. The van der Waals surface area contributed by atoms with Gasteiger partial charge in [-0.3, -0.25) is 0 Å². The van der Waals surface area contributed by atoms with Gasteiger partial charge < -0.3 is 5.32 Å². The second kappa shape index (κ2) is 4.15. The van der Waals surface area contributed by atoms with Crippen LogP contribution >= 0.6 is 15.9 Å². The molecule has 1 aromatic rings. The molecule has 1 aromatic carbocycles. The average Bonchev–Trinajstić information content (AvgIpc) is 2.95. The summed E-state index contributed by atoms with van der Waals surface area (Å²) >= 11 is 3.55. The van der Waals surface area contributed by atoms with Gasteiger partial charge in [-0.15, -0.1) is 0 Å². The lowest BCUT2D eigenvalue weighted by Crippen LogP contribution is -2.36. The van der Waals surface area contributed by atoms with Crippen LogP contribution < -0.4 is 5.32 Å². The molecule has 2 aliphatic rings. The number of hydrogen-bond donors (Lipinski definition) is 1. The maximum absolute atomic E-state index is 3.79. The van der Waals surface area contributed by atoms with Crippen molar-refractivity contribution in [2.24, 2.45) is 5.92 Å². The third-order valence-corrected chi connectivity index (χ3v) is 4.45. The van der Waals surface area contributed by atoms with Crippen LogP contribution in [0.5, 0.6) is 0 Å². The molecule has 0 spiro atoms. The molecule has 0 saturated heterocycles. The third-order valence-electron chi connectivity index (χ3n) is 3.96. The minimum absolute atomic E-state index is 0.712. The monoisotopic (exact) mass is 279 g/mol.